The summed E-state index contributed by atoms with van der Waals surface area (Å²) in [7, 11) is 2.12. The van der Waals surface area contributed by atoms with Gasteiger partial charge in [-0.2, -0.15) is 0 Å². The smallest absolute Gasteiger partial charge is 0.0837 e. The molecular weight excluding hydrogens is 190 g/mol. The lowest BCUT2D eigenvalue weighted by Gasteiger charge is -2.36. The number of hydrogen-bond donors (Lipinski definition) is 1. The number of ether oxygens (including phenoxy) is 1. The molecule has 1 heterocycles. The molecule has 0 bridgehead atoms. The number of likely N-dealkylation sites (N-methyl/N-ethyl adjacent to an activating group) is 1. The first-order chi connectivity index (χ1) is 7.14. The third-order valence-electron chi connectivity index (χ3n) is 3.92. The van der Waals surface area contributed by atoms with Crippen LogP contribution in [0.3, 0.4) is 0 Å². The van der Waals surface area contributed by atoms with Crippen molar-refractivity contribution in [1.82, 2.24) is 4.90 Å². The average Bonchev–Trinajstić information content (AvgIpc) is 2.76. The van der Waals surface area contributed by atoms with E-state index < -0.39 is 0 Å². The molecule has 1 aliphatic heterocycles. The van der Waals surface area contributed by atoms with E-state index in [-0.39, 0.29) is 11.7 Å². The summed E-state index contributed by atoms with van der Waals surface area (Å²) in [6, 6.07) is 0.523. The zero-order chi connectivity index (χ0) is 10.9. The number of aliphatic hydroxyl groups excluding tert-OH is 1. The Kier molecular flexibility index (Phi) is 3.33. The molecule has 0 aromatic heterocycles. The minimum Gasteiger partial charge on any atom is -0.392 e. The van der Waals surface area contributed by atoms with Crippen LogP contribution in [0.25, 0.3) is 0 Å². The molecule has 0 aromatic rings. The first-order valence-corrected chi connectivity index (χ1v) is 6.16. The molecule has 2 fully saturated rings. The molecule has 15 heavy (non-hydrogen) atoms. The number of hydrogen-bond acceptors (Lipinski definition) is 3. The van der Waals surface area contributed by atoms with Gasteiger partial charge >= 0.3 is 0 Å². The van der Waals surface area contributed by atoms with Gasteiger partial charge < -0.3 is 9.84 Å². The lowest BCUT2D eigenvalue weighted by Crippen LogP contribution is -2.48. The van der Waals surface area contributed by atoms with Crippen LogP contribution in [-0.2, 0) is 4.74 Å². The van der Waals surface area contributed by atoms with E-state index in [1.165, 1.54) is 25.7 Å². The summed E-state index contributed by atoms with van der Waals surface area (Å²) in [6.45, 7) is 3.51. The highest BCUT2D eigenvalue weighted by Gasteiger charge is 2.47. The summed E-state index contributed by atoms with van der Waals surface area (Å²) in [5.74, 6) is 0. The maximum atomic E-state index is 9.43. The molecular formula is C12H23NO2. The largest absolute Gasteiger partial charge is 0.392 e. The second-order valence-electron chi connectivity index (χ2n) is 5.21. The van der Waals surface area contributed by atoms with Crippen molar-refractivity contribution in [3.63, 3.8) is 0 Å². The van der Waals surface area contributed by atoms with Gasteiger partial charge in [0.2, 0.25) is 0 Å². The second kappa shape index (κ2) is 4.40. The molecule has 2 aliphatic rings. The standard InChI is InChI=1S/C12H23NO2/c1-10(14)9-13(2)11-5-8-15-12(11)6-3-4-7-12/h10-11,14H,3-9H2,1-2H3. The van der Waals surface area contributed by atoms with Crippen molar-refractivity contribution < 1.29 is 9.84 Å². The monoisotopic (exact) mass is 213 g/mol. The van der Waals surface area contributed by atoms with Gasteiger partial charge in [0, 0.05) is 19.2 Å². The van der Waals surface area contributed by atoms with Crippen molar-refractivity contribution in [3.05, 3.63) is 0 Å². The Morgan fingerprint density at radius 1 is 1.47 bits per heavy atom. The molecule has 0 radical (unpaired) electrons. The van der Waals surface area contributed by atoms with E-state index in [0.717, 1.165) is 19.6 Å². The molecule has 1 saturated heterocycles. The highest BCUT2D eigenvalue weighted by Crippen LogP contribution is 2.42. The van der Waals surface area contributed by atoms with Crippen LogP contribution in [0.2, 0.25) is 0 Å². The zero-order valence-electron chi connectivity index (χ0n) is 9.91. The summed E-state index contributed by atoms with van der Waals surface area (Å²) in [5, 5.41) is 9.43. The van der Waals surface area contributed by atoms with E-state index in [2.05, 4.69) is 11.9 Å². The average molecular weight is 213 g/mol. The first kappa shape index (κ1) is 11.4. The van der Waals surface area contributed by atoms with Crippen LogP contribution in [-0.4, -0.2) is 48.0 Å². The van der Waals surface area contributed by atoms with Crippen molar-refractivity contribution >= 4 is 0 Å². The van der Waals surface area contributed by atoms with Crippen LogP contribution >= 0.6 is 0 Å². The van der Waals surface area contributed by atoms with Gasteiger partial charge in [-0.3, -0.25) is 4.90 Å². The third-order valence-corrected chi connectivity index (χ3v) is 3.92. The van der Waals surface area contributed by atoms with E-state index in [1.807, 2.05) is 6.92 Å². The fourth-order valence-electron chi connectivity index (χ4n) is 3.35. The van der Waals surface area contributed by atoms with Gasteiger partial charge in [-0.25, -0.2) is 0 Å². The maximum absolute atomic E-state index is 9.43. The van der Waals surface area contributed by atoms with E-state index in [9.17, 15) is 5.11 Å². The summed E-state index contributed by atoms with van der Waals surface area (Å²) in [5.41, 5.74) is 0.129. The lowest BCUT2D eigenvalue weighted by atomic mass is 9.91. The number of nitrogens with zero attached hydrogens (tertiary/aromatic N) is 1. The van der Waals surface area contributed by atoms with Crippen molar-refractivity contribution in [1.29, 1.82) is 0 Å². The molecule has 1 N–H and O–H groups in total. The molecule has 3 nitrogen and oxygen atoms in total. The maximum Gasteiger partial charge on any atom is 0.0837 e. The summed E-state index contributed by atoms with van der Waals surface area (Å²) in [4.78, 5) is 2.29. The fourth-order valence-corrected chi connectivity index (χ4v) is 3.35. The summed E-state index contributed by atoms with van der Waals surface area (Å²) >= 11 is 0. The first-order valence-electron chi connectivity index (χ1n) is 6.16. The van der Waals surface area contributed by atoms with Gasteiger partial charge in [-0.05, 0) is 33.2 Å². The highest BCUT2D eigenvalue weighted by molar-refractivity contribution is 5.01. The Balaban J connectivity index is 2.00. The predicted octanol–water partition coefficient (Wildman–Crippen LogP) is 1.40. The number of rotatable bonds is 3. The lowest BCUT2D eigenvalue weighted by molar-refractivity contribution is -0.0349. The van der Waals surface area contributed by atoms with E-state index in [1.54, 1.807) is 0 Å². The van der Waals surface area contributed by atoms with Crippen molar-refractivity contribution in [2.75, 3.05) is 20.2 Å². The Labute approximate surface area is 92.4 Å². The molecule has 2 rings (SSSR count). The normalized spacial score (nSPS) is 31.6. The van der Waals surface area contributed by atoms with Crippen LogP contribution in [0.4, 0.5) is 0 Å². The minimum absolute atomic E-state index is 0.129. The topological polar surface area (TPSA) is 32.7 Å². The Morgan fingerprint density at radius 2 is 2.13 bits per heavy atom. The van der Waals surface area contributed by atoms with Gasteiger partial charge in [0.15, 0.2) is 0 Å². The molecule has 1 saturated carbocycles. The Hall–Kier alpha value is -0.120. The van der Waals surface area contributed by atoms with Crippen LogP contribution in [0.5, 0.6) is 0 Å². The van der Waals surface area contributed by atoms with Gasteiger partial charge in [0.05, 0.1) is 11.7 Å². The molecule has 88 valence electrons. The fraction of sp³-hybridized carbons (Fsp3) is 1.00. The van der Waals surface area contributed by atoms with Gasteiger partial charge in [0.25, 0.3) is 0 Å². The summed E-state index contributed by atoms with van der Waals surface area (Å²) < 4.78 is 5.99. The van der Waals surface area contributed by atoms with Crippen LogP contribution < -0.4 is 0 Å². The van der Waals surface area contributed by atoms with Crippen molar-refractivity contribution in [2.45, 2.75) is 56.8 Å². The molecule has 0 aromatic carbocycles. The summed E-state index contributed by atoms with van der Waals surface area (Å²) in [6.07, 6.45) is 5.92. The van der Waals surface area contributed by atoms with E-state index in [0.29, 0.717) is 6.04 Å². The van der Waals surface area contributed by atoms with E-state index >= 15 is 0 Å². The third kappa shape index (κ3) is 2.19. The van der Waals surface area contributed by atoms with Crippen molar-refractivity contribution in [3.8, 4) is 0 Å². The SMILES string of the molecule is CC(O)CN(C)C1CCOC12CCCC2. The van der Waals surface area contributed by atoms with Gasteiger partial charge in [-0.1, -0.05) is 12.8 Å². The van der Waals surface area contributed by atoms with Crippen LogP contribution in [0, 0.1) is 0 Å². The highest BCUT2D eigenvalue weighted by atomic mass is 16.5. The molecule has 1 aliphatic carbocycles. The number of aliphatic hydroxyl groups is 1. The van der Waals surface area contributed by atoms with Crippen molar-refractivity contribution in [2.24, 2.45) is 0 Å². The zero-order valence-corrected chi connectivity index (χ0v) is 9.91. The molecule has 2 unspecified atom stereocenters. The van der Waals surface area contributed by atoms with E-state index in [4.69, 9.17) is 4.74 Å². The Morgan fingerprint density at radius 3 is 2.73 bits per heavy atom. The van der Waals surface area contributed by atoms with Gasteiger partial charge in [0.1, 0.15) is 0 Å². The molecule has 3 heteroatoms. The van der Waals surface area contributed by atoms with Gasteiger partial charge in [-0.15, -0.1) is 0 Å². The molecule has 1 spiro atoms. The Bertz CT molecular complexity index is 206. The molecule has 0 amide bonds. The van der Waals surface area contributed by atoms with Crippen LogP contribution in [0.1, 0.15) is 39.0 Å². The molecule has 2 atom stereocenters. The predicted molar refractivity (Wildman–Crippen MR) is 59.9 cm³/mol. The second-order valence-corrected chi connectivity index (χ2v) is 5.21. The van der Waals surface area contributed by atoms with Crippen LogP contribution in [0.15, 0.2) is 0 Å². The quantitative estimate of drug-likeness (QED) is 0.769. The minimum atomic E-state index is -0.242.